The molecule has 3 rings (SSSR count). The predicted octanol–water partition coefficient (Wildman–Crippen LogP) is 3.90. The molecule has 0 unspecified atom stereocenters. The molecule has 2 aromatic rings. The molecule has 1 aromatic heterocycles. The molecule has 1 aliphatic heterocycles. The molecule has 1 amide bonds. The number of amides is 1. The van der Waals surface area contributed by atoms with Gasteiger partial charge < -0.3 is 4.90 Å². The quantitative estimate of drug-likeness (QED) is 0.842. The number of aromatic nitrogens is 2. The molecule has 1 atom stereocenters. The highest BCUT2D eigenvalue weighted by Gasteiger charge is 2.31. The van der Waals surface area contributed by atoms with Gasteiger partial charge in [0.1, 0.15) is 0 Å². The summed E-state index contributed by atoms with van der Waals surface area (Å²) in [5, 5.41) is 0. The molecule has 126 valence electrons. The molecule has 1 aromatic carbocycles. The lowest BCUT2D eigenvalue weighted by atomic mass is 9.90. The summed E-state index contributed by atoms with van der Waals surface area (Å²) in [5.41, 5.74) is 1.73. The van der Waals surface area contributed by atoms with Crippen molar-refractivity contribution < 1.29 is 4.79 Å². The molecular weight excluding hydrogens is 298 g/mol. The first-order valence-electron chi connectivity index (χ1n) is 8.63. The molecule has 1 aliphatic rings. The van der Waals surface area contributed by atoms with Crippen molar-refractivity contribution >= 4 is 5.91 Å². The van der Waals surface area contributed by atoms with Crippen LogP contribution in [0.3, 0.4) is 0 Å². The van der Waals surface area contributed by atoms with Gasteiger partial charge >= 0.3 is 0 Å². The predicted molar refractivity (Wildman–Crippen MR) is 95.5 cm³/mol. The molecule has 4 heteroatoms. The van der Waals surface area contributed by atoms with E-state index in [1.54, 1.807) is 0 Å². The fourth-order valence-electron chi connectivity index (χ4n) is 3.20. The Bertz CT molecular complexity index is 706. The zero-order valence-electron chi connectivity index (χ0n) is 14.7. The van der Waals surface area contributed by atoms with E-state index in [4.69, 9.17) is 4.98 Å². The molecule has 0 bridgehead atoms. The van der Waals surface area contributed by atoms with Crippen molar-refractivity contribution in [3.8, 4) is 11.4 Å². The minimum absolute atomic E-state index is 0.226. The van der Waals surface area contributed by atoms with Crippen molar-refractivity contribution in [1.82, 2.24) is 14.9 Å². The van der Waals surface area contributed by atoms with Gasteiger partial charge in [-0.3, -0.25) is 4.79 Å². The van der Waals surface area contributed by atoms with Crippen LogP contribution in [-0.2, 0) is 4.79 Å². The minimum Gasteiger partial charge on any atom is -0.342 e. The average molecular weight is 323 g/mol. The topological polar surface area (TPSA) is 46.1 Å². The fourth-order valence-corrected chi connectivity index (χ4v) is 3.20. The number of benzene rings is 1. The number of nitrogens with zero attached hydrogens (tertiary/aromatic N) is 3. The Balaban J connectivity index is 1.80. The second kappa shape index (κ2) is 6.71. The van der Waals surface area contributed by atoms with Crippen LogP contribution in [-0.4, -0.2) is 33.9 Å². The molecule has 24 heavy (non-hydrogen) atoms. The SMILES string of the molecule is CC(C)(C)C(=O)N1CCC[C@@H](c2ccnc(-c3ccccc3)n2)C1. The molecule has 0 aliphatic carbocycles. The van der Waals surface area contributed by atoms with Crippen LogP contribution in [0.5, 0.6) is 0 Å². The Morgan fingerprint density at radius 2 is 1.92 bits per heavy atom. The monoisotopic (exact) mass is 323 g/mol. The van der Waals surface area contributed by atoms with Gasteiger partial charge in [-0.25, -0.2) is 9.97 Å². The molecular formula is C20H25N3O. The van der Waals surface area contributed by atoms with Gasteiger partial charge in [-0.2, -0.15) is 0 Å². The third kappa shape index (κ3) is 3.64. The number of likely N-dealkylation sites (tertiary alicyclic amines) is 1. The first-order chi connectivity index (χ1) is 11.4. The Hall–Kier alpha value is -2.23. The lowest BCUT2D eigenvalue weighted by Gasteiger charge is -2.36. The van der Waals surface area contributed by atoms with Crippen LogP contribution in [0.15, 0.2) is 42.6 Å². The number of piperidine rings is 1. The second-order valence-electron chi connectivity index (χ2n) is 7.51. The number of carbonyl (C=O) groups excluding carboxylic acids is 1. The van der Waals surface area contributed by atoms with E-state index < -0.39 is 0 Å². The summed E-state index contributed by atoms with van der Waals surface area (Å²) in [5.74, 6) is 1.27. The summed E-state index contributed by atoms with van der Waals surface area (Å²) in [7, 11) is 0. The van der Waals surface area contributed by atoms with Gasteiger partial charge in [0.2, 0.25) is 5.91 Å². The lowest BCUT2D eigenvalue weighted by Crippen LogP contribution is -2.44. The summed E-state index contributed by atoms with van der Waals surface area (Å²) in [6.45, 7) is 7.55. The van der Waals surface area contributed by atoms with Gasteiger partial charge in [0.15, 0.2) is 5.82 Å². The zero-order valence-corrected chi connectivity index (χ0v) is 14.7. The van der Waals surface area contributed by atoms with Gasteiger partial charge in [0.25, 0.3) is 0 Å². The van der Waals surface area contributed by atoms with E-state index in [9.17, 15) is 4.79 Å². The Morgan fingerprint density at radius 1 is 1.17 bits per heavy atom. The van der Waals surface area contributed by atoms with Crippen LogP contribution in [0.1, 0.15) is 45.2 Å². The highest BCUT2D eigenvalue weighted by atomic mass is 16.2. The van der Waals surface area contributed by atoms with Gasteiger partial charge in [0, 0.05) is 41.9 Å². The largest absolute Gasteiger partial charge is 0.342 e. The van der Waals surface area contributed by atoms with Crippen molar-refractivity contribution in [2.75, 3.05) is 13.1 Å². The van der Waals surface area contributed by atoms with Crippen molar-refractivity contribution in [2.24, 2.45) is 5.41 Å². The van der Waals surface area contributed by atoms with Crippen LogP contribution in [0, 0.1) is 5.41 Å². The van der Waals surface area contributed by atoms with Crippen molar-refractivity contribution in [1.29, 1.82) is 0 Å². The van der Waals surface area contributed by atoms with E-state index in [0.717, 1.165) is 43.0 Å². The summed E-state index contributed by atoms with van der Waals surface area (Å²) in [6, 6.07) is 12.0. The van der Waals surface area contributed by atoms with Crippen LogP contribution < -0.4 is 0 Å². The fraction of sp³-hybridized carbons (Fsp3) is 0.450. The Labute approximate surface area is 143 Å². The van der Waals surface area contributed by atoms with Crippen molar-refractivity contribution in [3.05, 3.63) is 48.3 Å². The summed E-state index contributed by atoms with van der Waals surface area (Å²) < 4.78 is 0. The number of hydrogen-bond acceptors (Lipinski definition) is 3. The van der Waals surface area contributed by atoms with Crippen LogP contribution in [0.25, 0.3) is 11.4 Å². The Morgan fingerprint density at radius 3 is 2.62 bits per heavy atom. The van der Waals surface area contributed by atoms with Gasteiger partial charge in [-0.15, -0.1) is 0 Å². The summed E-state index contributed by atoms with van der Waals surface area (Å²) in [6.07, 6.45) is 3.92. The number of rotatable bonds is 2. The lowest BCUT2D eigenvalue weighted by molar-refractivity contribution is -0.140. The van der Waals surface area contributed by atoms with E-state index in [0.29, 0.717) is 0 Å². The van der Waals surface area contributed by atoms with Gasteiger partial charge in [0.05, 0.1) is 0 Å². The number of hydrogen-bond donors (Lipinski definition) is 0. The summed E-state index contributed by atoms with van der Waals surface area (Å²) in [4.78, 5) is 23.8. The molecule has 0 radical (unpaired) electrons. The average Bonchev–Trinajstić information content (AvgIpc) is 2.61. The first-order valence-corrected chi connectivity index (χ1v) is 8.63. The van der Waals surface area contributed by atoms with Crippen LogP contribution >= 0.6 is 0 Å². The van der Waals surface area contributed by atoms with E-state index >= 15 is 0 Å². The van der Waals surface area contributed by atoms with Crippen molar-refractivity contribution in [3.63, 3.8) is 0 Å². The molecule has 0 N–H and O–H groups in total. The minimum atomic E-state index is -0.331. The maximum absolute atomic E-state index is 12.6. The third-order valence-corrected chi connectivity index (χ3v) is 4.48. The normalized spacial score (nSPS) is 18.5. The molecule has 1 saturated heterocycles. The molecule has 1 fully saturated rings. The summed E-state index contributed by atoms with van der Waals surface area (Å²) >= 11 is 0. The van der Waals surface area contributed by atoms with Gasteiger partial charge in [-0.1, -0.05) is 51.1 Å². The van der Waals surface area contributed by atoms with Gasteiger partial charge in [-0.05, 0) is 18.9 Å². The van der Waals surface area contributed by atoms with Crippen molar-refractivity contribution in [2.45, 2.75) is 39.5 Å². The van der Waals surface area contributed by atoms with E-state index in [2.05, 4.69) is 4.98 Å². The molecule has 0 spiro atoms. The highest BCUT2D eigenvalue weighted by Crippen LogP contribution is 2.29. The molecule has 4 nitrogen and oxygen atoms in total. The van der Waals surface area contributed by atoms with E-state index in [1.807, 2.05) is 68.3 Å². The Kier molecular flexibility index (Phi) is 4.65. The molecule has 2 heterocycles. The second-order valence-corrected chi connectivity index (χ2v) is 7.51. The van der Waals surface area contributed by atoms with Crippen LogP contribution in [0.2, 0.25) is 0 Å². The highest BCUT2D eigenvalue weighted by molar-refractivity contribution is 5.81. The maximum Gasteiger partial charge on any atom is 0.227 e. The van der Waals surface area contributed by atoms with E-state index in [-0.39, 0.29) is 17.2 Å². The van der Waals surface area contributed by atoms with E-state index in [1.165, 1.54) is 0 Å². The first kappa shape index (κ1) is 16.6. The standard InChI is InChI=1S/C20H25N3O/c1-20(2,3)19(24)23-13-7-10-16(14-23)17-11-12-21-18(22-17)15-8-5-4-6-9-15/h4-6,8-9,11-12,16H,7,10,13-14H2,1-3H3/t16-/m1/s1. The maximum atomic E-state index is 12.6. The zero-order chi connectivity index (χ0) is 17.2. The molecule has 0 saturated carbocycles. The smallest absolute Gasteiger partial charge is 0.227 e. The number of carbonyl (C=O) groups is 1. The third-order valence-electron chi connectivity index (χ3n) is 4.48. The van der Waals surface area contributed by atoms with Crippen LogP contribution in [0.4, 0.5) is 0 Å².